The van der Waals surface area contributed by atoms with Gasteiger partial charge in [0.05, 0.1) is 5.41 Å². The quantitative estimate of drug-likeness (QED) is 0.628. The predicted molar refractivity (Wildman–Crippen MR) is 80.6 cm³/mol. The maximum Gasteiger partial charge on any atom is 0.309 e. The van der Waals surface area contributed by atoms with E-state index < -0.39 is 11.4 Å². The fraction of sp³-hybridized carbons (Fsp3) is 0.933. The summed E-state index contributed by atoms with van der Waals surface area (Å²) in [6, 6.07) is 0. The lowest BCUT2D eigenvalue weighted by Gasteiger charge is -2.26. The first-order valence-electron chi connectivity index (χ1n) is 7.55. The van der Waals surface area contributed by atoms with Crippen molar-refractivity contribution in [1.82, 2.24) is 9.80 Å². The van der Waals surface area contributed by atoms with E-state index >= 15 is 0 Å². The summed E-state index contributed by atoms with van der Waals surface area (Å²) in [6.45, 7) is 16.4. The van der Waals surface area contributed by atoms with E-state index in [0.29, 0.717) is 6.42 Å². The van der Waals surface area contributed by atoms with Crippen LogP contribution in [0.2, 0.25) is 0 Å². The zero-order valence-corrected chi connectivity index (χ0v) is 13.4. The van der Waals surface area contributed by atoms with Gasteiger partial charge in [0, 0.05) is 0 Å². The van der Waals surface area contributed by atoms with Crippen LogP contribution in [0.1, 0.15) is 47.5 Å². The first kappa shape index (κ1) is 18.4. The Balaban J connectivity index is 3.99. The van der Waals surface area contributed by atoms with E-state index in [-0.39, 0.29) is 0 Å². The molecule has 114 valence electrons. The third-order valence-electron chi connectivity index (χ3n) is 3.92. The highest BCUT2D eigenvalue weighted by Gasteiger charge is 2.27. The number of carboxylic acid groups (broad SMARTS) is 1. The predicted octanol–water partition coefficient (Wildman–Crippen LogP) is 2.54. The molecule has 0 saturated carbocycles. The highest BCUT2D eigenvalue weighted by Crippen LogP contribution is 2.20. The summed E-state index contributed by atoms with van der Waals surface area (Å²) in [5.74, 6) is -0.702. The third-order valence-corrected chi connectivity index (χ3v) is 3.92. The number of rotatable bonds is 11. The first-order valence-corrected chi connectivity index (χ1v) is 7.55. The van der Waals surface area contributed by atoms with E-state index in [1.807, 2.05) is 0 Å². The second kappa shape index (κ2) is 9.32. The standard InChI is InChI=1S/C15H32N2O2/c1-6-16(7-2)11-9-12-17(8-3)13-10-15(4,5)14(18)19/h6-13H2,1-5H3,(H,18,19). The number of nitrogens with zero attached hydrogens (tertiary/aromatic N) is 2. The molecule has 0 spiro atoms. The molecule has 0 aliphatic carbocycles. The van der Waals surface area contributed by atoms with Crippen molar-refractivity contribution in [2.45, 2.75) is 47.5 Å². The van der Waals surface area contributed by atoms with Crippen molar-refractivity contribution in [3.63, 3.8) is 0 Å². The first-order chi connectivity index (χ1) is 8.87. The molecule has 0 aliphatic heterocycles. The molecule has 0 bridgehead atoms. The molecule has 0 aliphatic rings. The van der Waals surface area contributed by atoms with Crippen molar-refractivity contribution in [2.75, 3.05) is 39.3 Å². The van der Waals surface area contributed by atoms with Crippen LogP contribution in [-0.4, -0.2) is 60.1 Å². The van der Waals surface area contributed by atoms with Gasteiger partial charge in [-0.25, -0.2) is 0 Å². The Morgan fingerprint density at radius 2 is 1.42 bits per heavy atom. The van der Waals surface area contributed by atoms with Crippen LogP contribution in [0.25, 0.3) is 0 Å². The molecule has 1 N–H and O–H groups in total. The highest BCUT2D eigenvalue weighted by molar-refractivity contribution is 5.73. The van der Waals surface area contributed by atoms with Crippen molar-refractivity contribution >= 4 is 5.97 Å². The Kier molecular flexibility index (Phi) is 9.02. The normalized spacial score (nSPS) is 12.4. The Labute approximate surface area is 118 Å². The van der Waals surface area contributed by atoms with Crippen LogP contribution >= 0.6 is 0 Å². The van der Waals surface area contributed by atoms with Gasteiger partial charge < -0.3 is 14.9 Å². The van der Waals surface area contributed by atoms with Crippen LogP contribution in [0.3, 0.4) is 0 Å². The minimum atomic E-state index is -0.702. The molecule has 0 aromatic carbocycles. The van der Waals surface area contributed by atoms with E-state index in [1.165, 1.54) is 0 Å². The summed E-state index contributed by atoms with van der Waals surface area (Å²) < 4.78 is 0. The Hall–Kier alpha value is -0.610. The zero-order chi connectivity index (χ0) is 14.9. The van der Waals surface area contributed by atoms with Gasteiger partial charge >= 0.3 is 5.97 Å². The van der Waals surface area contributed by atoms with Crippen LogP contribution in [0.4, 0.5) is 0 Å². The molecule has 0 amide bonds. The molecular formula is C15H32N2O2. The monoisotopic (exact) mass is 272 g/mol. The molecule has 19 heavy (non-hydrogen) atoms. The number of hydrogen-bond acceptors (Lipinski definition) is 3. The van der Waals surface area contributed by atoms with Gasteiger partial charge in [-0.2, -0.15) is 0 Å². The second-order valence-corrected chi connectivity index (χ2v) is 5.75. The molecule has 0 fully saturated rings. The molecule has 0 aromatic rings. The molecule has 0 rings (SSSR count). The van der Waals surface area contributed by atoms with Gasteiger partial charge in [-0.05, 0) is 66.0 Å². The zero-order valence-electron chi connectivity index (χ0n) is 13.4. The van der Waals surface area contributed by atoms with Crippen LogP contribution in [-0.2, 0) is 4.79 Å². The summed E-state index contributed by atoms with van der Waals surface area (Å²) in [7, 11) is 0. The summed E-state index contributed by atoms with van der Waals surface area (Å²) in [6.07, 6.45) is 1.87. The van der Waals surface area contributed by atoms with E-state index in [4.69, 9.17) is 5.11 Å². The highest BCUT2D eigenvalue weighted by atomic mass is 16.4. The van der Waals surface area contributed by atoms with Crippen LogP contribution in [0.15, 0.2) is 0 Å². The summed E-state index contributed by atoms with van der Waals surface area (Å²) in [4.78, 5) is 15.9. The molecule has 0 unspecified atom stereocenters. The number of hydrogen-bond donors (Lipinski definition) is 1. The van der Waals surface area contributed by atoms with E-state index in [0.717, 1.165) is 45.7 Å². The molecule has 0 heterocycles. The lowest BCUT2D eigenvalue weighted by molar-refractivity contribution is -0.147. The van der Waals surface area contributed by atoms with Crippen molar-refractivity contribution < 1.29 is 9.90 Å². The minimum absolute atomic E-state index is 0.619. The third kappa shape index (κ3) is 7.53. The SMILES string of the molecule is CCN(CC)CCCN(CC)CCC(C)(C)C(=O)O. The Morgan fingerprint density at radius 3 is 1.84 bits per heavy atom. The molecule has 4 heteroatoms. The van der Waals surface area contributed by atoms with E-state index in [2.05, 4.69) is 30.6 Å². The molecule has 0 atom stereocenters. The summed E-state index contributed by atoms with van der Waals surface area (Å²) >= 11 is 0. The number of aliphatic carboxylic acids is 1. The van der Waals surface area contributed by atoms with Crippen LogP contribution in [0.5, 0.6) is 0 Å². The van der Waals surface area contributed by atoms with Gasteiger partial charge in [-0.1, -0.05) is 20.8 Å². The van der Waals surface area contributed by atoms with Gasteiger partial charge in [0.1, 0.15) is 0 Å². The molecule has 0 saturated heterocycles. The lowest BCUT2D eigenvalue weighted by Crippen LogP contribution is -2.34. The van der Waals surface area contributed by atoms with E-state index in [9.17, 15) is 4.79 Å². The maximum atomic E-state index is 11.1. The summed E-state index contributed by atoms with van der Waals surface area (Å²) in [5, 5.41) is 9.11. The van der Waals surface area contributed by atoms with Crippen LogP contribution in [0, 0.1) is 5.41 Å². The number of carboxylic acids is 1. The van der Waals surface area contributed by atoms with Gasteiger partial charge in [-0.3, -0.25) is 4.79 Å². The fourth-order valence-electron chi connectivity index (χ4n) is 2.03. The Morgan fingerprint density at radius 1 is 0.947 bits per heavy atom. The van der Waals surface area contributed by atoms with Gasteiger partial charge in [-0.15, -0.1) is 0 Å². The van der Waals surface area contributed by atoms with Gasteiger partial charge in [0.2, 0.25) is 0 Å². The molecule has 0 aromatic heterocycles. The largest absolute Gasteiger partial charge is 0.481 e. The molecular weight excluding hydrogens is 240 g/mol. The minimum Gasteiger partial charge on any atom is -0.481 e. The van der Waals surface area contributed by atoms with Crippen molar-refractivity contribution in [2.24, 2.45) is 5.41 Å². The van der Waals surface area contributed by atoms with Crippen molar-refractivity contribution in [3.05, 3.63) is 0 Å². The maximum absolute atomic E-state index is 11.1. The average Bonchev–Trinajstić information content (AvgIpc) is 2.38. The van der Waals surface area contributed by atoms with Gasteiger partial charge in [0.15, 0.2) is 0 Å². The molecule has 0 radical (unpaired) electrons. The Bertz CT molecular complexity index is 251. The molecule has 4 nitrogen and oxygen atoms in total. The smallest absolute Gasteiger partial charge is 0.309 e. The van der Waals surface area contributed by atoms with Gasteiger partial charge in [0.25, 0.3) is 0 Å². The topological polar surface area (TPSA) is 43.8 Å². The summed E-state index contributed by atoms with van der Waals surface area (Å²) in [5.41, 5.74) is -0.619. The number of carbonyl (C=O) groups is 1. The second-order valence-electron chi connectivity index (χ2n) is 5.75. The lowest BCUT2D eigenvalue weighted by atomic mass is 9.89. The van der Waals surface area contributed by atoms with Crippen molar-refractivity contribution in [1.29, 1.82) is 0 Å². The van der Waals surface area contributed by atoms with E-state index in [1.54, 1.807) is 13.8 Å². The fourth-order valence-corrected chi connectivity index (χ4v) is 2.03. The average molecular weight is 272 g/mol. The van der Waals surface area contributed by atoms with Crippen LogP contribution < -0.4 is 0 Å². The van der Waals surface area contributed by atoms with Crippen molar-refractivity contribution in [3.8, 4) is 0 Å².